The third kappa shape index (κ3) is 5.38. The molecule has 0 aliphatic heterocycles. The molecule has 0 spiro atoms. The number of unbranched alkanes of at least 4 members (excludes halogenated alkanes) is 1. The topological polar surface area (TPSA) is 71.1 Å². The van der Waals surface area contributed by atoms with Crippen LogP contribution in [0.25, 0.3) is 0 Å². The molecule has 5 nitrogen and oxygen atoms in total. The number of anilines is 1. The Kier molecular flexibility index (Phi) is 6.91. The number of nitrogens with one attached hydrogen (secondary N) is 2. The fourth-order valence-electron chi connectivity index (χ4n) is 1.78. The minimum Gasteiger partial charge on any atom is -0.372 e. The number of aromatic nitrogens is 1. The van der Waals surface area contributed by atoms with Crippen molar-refractivity contribution in [2.24, 2.45) is 5.92 Å². The molecule has 0 radical (unpaired) electrons. The highest BCUT2D eigenvalue weighted by Crippen LogP contribution is 2.22. The highest BCUT2D eigenvalue weighted by Gasteiger charge is 2.19. The second kappa shape index (κ2) is 7.95. The number of rotatable bonds is 8. The molecule has 1 aromatic rings. The monoisotopic (exact) mass is 363 g/mol. The minimum absolute atomic E-state index is 0.165. The maximum Gasteiger partial charge on any atom is 0.244 e. The summed E-state index contributed by atoms with van der Waals surface area (Å²) >= 11 is 3.24. The third-order valence-electron chi connectivity index (χ3n) is 2.85. The molecule has 2 N–H and O–H groups in total. The van der Waals surface area contributed by atoms with Crippen LogP contribution in [0.2, 0.25) is 0 Å². The van der Waals surface area contributed by atoms with Crippen molar-refractivity contribution < 1.29 is 8.42 Å². The van der Waals surface area contributed by atoms with E-state index in [4.69, 9.17) is 0 Å². The van der Waals surface area contributed by atoms with Crippen molar-refractivity contribution >= 4 is 31.8 Å². The predicted molar refractivity (Wildman–Crippen MR) is 85.4 cm³/mol. The Balaban J connectivity index is 2.67. The van der Waals surface area contributed by atoms with Crippen LogP contribution < -0.4 is 10.0 Å². The average molecular weight is 364 g/mol. The van der Waals surface area contributed by atoms with Crippen molar-refractivity contribution in [3.63, 3.8) is 0 Å². The Morgan fingerprint density at radius 2 is 2.05 bits per heavy atom. The van der Waals surface area contributed by atoms with Gasteiger partial charge in [-0.25, -0.2) is 18.1 Å². The Labute approximate surface area is 129 Å². The van der Waals surface area contributed by atoms with E-state index in [9.17, 15) is 8.42 Å². The summed E-state index contributed by atoms with van der Waals surface area (Å²) in [4.78, 5) is 4.22. The van der Waals surface area contributed by atoms with Gasteiger partial charge in [0.25, 0.3) is 0 Å². The largest absolute Gasteiger partial charge is 0.372 e. The van der Waals surface area contributed by atoms with Crippen LogP contribution >= 0.6 is 15.9 Å². The predicted octanol–water partition coefficient (Wildman–Crippen LogP) is 2.99. The smallest absolute Gasteiger partial charge is 0.244 e. The summed E-state index contributed by atoms with van der Waals surface area (Å²) in [6, 6.07) is 1.55. The van der Waals surface area contributed by atoms with Crippen molar-refractivity contribution in [1.82, 2.24) is 9.71 Å². The highest BCUT2D eigenvalue weighted by atomic mass is 79.9. The van der Waals surface area contributed by atoms with E-state index in [0.29, 0.717) is 22.8 Å². The number of nitrogens with zero attached hydrogens (tertiary/aromatic N) is 1. The van der Waals surface area contributed by atoms with Gasteiger partial charge in [0.05, 0.1) is 0 Å². The van der Waals surface area contributed by atoms with Crippen LogP contribution in [0, 0.1) is 5.92 Å². The zero-order valence-electron chi connectivity index (χ0n) is 12.1. The molecule has 7 heteroatoms. The molecular weight excluding hydrogens is 342 g/mol. The number of sulfonamides is 1. The van der Waals surface area contributed by atoms with Crippen LogP contribution in [0.5, 0.6) is 0 Å². The van der Waals surface area contributed by atoms with Crippen LogP contribution in [-0.4, -0.2) is 27.0 Å². The molecular formula is C13H22BrN3O2S. The Hall–Kier alpha value is -0.660. The van der Waals surface area contributed by atoms with Crippen LogP contribution in [0.1, 0.15) is 33.1 Å². The van der Waals surface area contributed by atoms with Gasteiger partial charge in [-0.1, -0.05) is 26.7 Å². The number of hydrogen-bond donors (Lipinski definition) is 2. The van der Waals surface area contributed by atoms with Gasteiger partial charge in [-0.15, -0.1) is 0 Å². The number of halogens is 1. The molecule has 0 saturated carbocycles. The van der Waals surface area contributed by atoms with E-state index < -0.39 is 10.0 Å². The van der Waals surface area contributed by atoms with E-state index in [0.717, 1.165) is 19.3 Å². The maximum absolute atomic E-state index is 12.2. The zero-order chi connectivity index (χ0) is 15.2. The van der Waals surface area contributed by atoms with Gasteiger partial charge in [-0.3, -0.25) is 0 Å². The van der Waals surface area contributed by atoms with Gasteiger partial charge in [0.1, 0.15) is 10.7 Å². The van der Waals surface area contributed by atoms with Crippen molar-refractivity contribution in [3.8, 4) is 0 Å². The lowest BCUT2D eigenvalue weighted by molar-refractivity contribution is 0.530. The molecule has 1 aromatic heterocycles. The first-order chi connectivity index (χ1) is 9.36. The van der Waals surface area contributed by atoms with E-state index in [1.54, 1.807) is 19.3 Å². The van der Waals surface area contributed by atoms with Gasteiger partial charge in [0.15, 0.2) is 0 Å². The van der Waals surface area contributed by atoms with Gasteiger partial charge in [-0.05, 0) is 34.3 Å². The molecule has 0 fully saturated rings. The lowest BCUT2D eigenvalue weighted by Crippen LogP contribution is -2.26. The zero-order valence-corrected chi connectivity index (χ0v) is 14.5. The van der Waals surface area contributed by atoms with Gasteiger partial charge in [0.2, 0.25) is 10.0 Å². The number of pyridine rings is 1. The first-order valence-corrected chi connectivity index (χ1v) is 8.97. The van der Waals surface area contributed by atoms with Gasteiger partial charge in [-0.2, -0.15) is 0 Å². The summed E-state index contributed by atoms with van der Waals surface area (Å²) < 4.78 is 27.8. The van der Waals surface area contributed by atoms with Crippen LogP contribution in [0.4, 0.5) is 5.82 Å². The van der Waals surface area contributed by atoms with Crippen LogP contribution in [0.3, 0.4) is 0 Å². The first-order valence-electron chi connectivity index (χ1n) is 6.69. The quantitative estimate of drug-likeness (QED) is 0.696. The van der Waals surface area contributed by atoms with Gasteiger partial charge < -0.3 is 5.32 Å². The van der Waals surface area contributed by atoms with Crippen LogP contribution in [0.15, 0.2) is 21.6 Å². The van der Waals surface area contributed by atoms with Crippen molar-refractivity contribution in [1.29, 1.82) is 0 Å². The molecule has 0 amide bonds. The molecule has 0 aliphatic carbocycles. The van der Waals surface area contributed by atoms with E-state index >= 15 is 0 Å². The minimum atomic E-state index is -3.53. The highest BCUT2D eigenvalue weighted by molar-refractivity contribution is 9.10. The Morgan fingerprint density at radius 3 is 2.65 bits per heavy atom. The fourth-order valence-corrected chi connectivity index (χ4v) is 3.52. The third-order valence-corrected chi connectivity index (χ3v) is 4.75. The average Bonchev–Trinajstić information content (AvgIpc) is 2.37. The Morgan fingerprint density at radius 1 is 1.35 bits per heavy atom. The van der Waals surface area contributed by atoms with Crippen molar-refractivity contribution in [3.05, 3.63) is 16.7 Å². The molecule has 0 bridgehead atoms. The van der Waals surface area contributed by atoms with Gasteiger partial charge >= 0.3 is 0 Å². The summed E-state index contributed by atoms with van der Waals surface area (Å²) in [6.45, 7) is 4.78. The molecule has 0 unspecified atom stereocenters. The van der Waals surface area contributed by atoms with E-state index in [-0.39, 0.29) is 4.90 Å². The van der Waals surface area contributed by atoms with E-state index in [1.165, 1.54) is 0 Å². The summed E-state index contributed by atoms with van der Waals surface area (Å²) in [7, 11) is -1.88. The SMILES string of the molecule is CNc1ncc(Br)cc1S(=O)(=O)NCCCCC(C)C. The first kappa shape index (κ1) is 17.4. The lowest BCUT2D eigenvalue weighted by atomic mass is 10.1. The normalized spacial score (nSPS) is 11.8. The van der Waals surface area contributed by atoms with Gasteiger partial charge in [0, 0.05) is 24.3 Å². The second-order valence-electron chi connectivity index (χ2n) is 5.04. The lowest BCUT2D eigenvalue weighted by Gasteiger charge is -2.11. The van der Waals surface area contributed by atoms with Crippen molar-refractivity contribution in [2.75, 3.05) is 18.9 Å². The molecule has 20 heavy (non-hydrogen) atoms. The Bertz CT molecular complexity index is 532. The molecule has 0 aromatic carbocycles. The molecule has 1 heterocycles. The summed E-state index contributed by atoms with van der Waals surface area (Å²) in [5.74, 6) is 1.000. The summed E-state index contributed by atoms with van der Waals surface area (Å²) in [5.41, 5.74) is 0. The molecule has 114 valence electrons. The molecule has 0 aliphatic rings. The van der Waals surface area contributed by atoms with E-state index in [2.05, 4.69) is 44.8 Å². The standard InChI is InChI=1S/C13H22BrN3O2S/c1-10(2)6-4-5-7-17-20(18,19)12-8-11(14)9-16-13(12)15-3/h8-10,17H,4-7H2,1-3H3,(H,15,16). The molecule has 0 saturated heterocycles. The van der Waals surface area contributed by atoms with E-state index in [1.807, 2.05) is 0 Å². The summed E-state index contributed by atoms with van der Waals surface area (Å²) in [6.07, 6.45) is 4.54. The fraction of sp³-hybridized carbons (Fsp3) is 0.615. The second-order valence-corrected chi connectivity index (χ2v) is 7.69. The maximum atomic E-state index is 12.2. The summed E-state index contributed by atoms with van der Waals surface area (Å²) in [5, 5.41) is 2.79. The van der Waals surface area contributed by atoms with Crippen LogP contribution in [-0.2, 0) is 10.0 Å². The molecule has 1 rings (SSSR count). The van der Waals surface area contributed by atoms with Crippen molar-refractivity contribution in [2.45, 2.75) is 38.0 Å². The number of hydrogen-bond acceptors (Lipinski definition) is 4. The molecule has 0 atom stereocenters.